The van der Waals surface area contributed by atoms with Crippen molar-refractivity contribution in [1.82, 2.24) is 25.0 Å². The number of likely N-dealkylation sites (tertiary alicyclic amines) is 1. The average molecular weight is 398 g/mol. The van der Waals surface area contributed by atoms with Crippen LogP contribution in [0.25, 0.3) is 11.0 Å². The molecule has 0 saturated carbocycles. The van der Waals surface area contributed by atoms with Crippen LogP contribution in [0.5, 0.6) is 0 Å². The number of carbonyl (C=O) groups is 2. The Hall–Kier alpha value is -2.74. The third kappa shape index (κ3) is 3.64. The molecular formula is C20H23N5O2S. The molecule has 0 spiro atoms. The molecule has 1 atom stereocenters. The Bertz CT molecular complexity index is 1020. The number of fused-ring (bicyclic) bond motifs is 1. The van der Waals surface area contributed by atoms with Crippen molar-refractivity contribution < 1.29 is 9.59 Å². The molecule has 0 unspecified atom stereocenters. The Labute approximate surface area is 167 Å². The minimum atomic E-state index is -0.0677. The number of aryl methyl sites for hydroxylation is 1. The summed E-state index contributed by atoms with van der Waals surface area (Å²) in [6.45, 7) is 6.09. The van der Waals surface area contributed by atoms with Gasteiger partial charge < -0.3 is 10.2 Å². The third-order valence-electron chi connectivity index (χ3n) is 5.16. The minimum absolute atomic E-state index is 0.0677. The van der Waals surface area contributed by atoms with Crippen molar-refractivity contribution >= 4 is 34.2 Å². The fourth-order valence-corrected chi connectivity index (χ4v) is 4.38. The van der Waals surface area contributed by atoms with Crippen molar-refractivity contribution in [3.8, 4) is 0 Å². The summed E-state index contributed by atoms with van der Waals surface area (Å²) in [6.07, 6.45) is 2.67. The molecule has 0 aliphatic carbocycles. The molecule has 4 heterocycles. The highest BCUT2D eigenvalue weighted by molar-refractivity contribution is 7.10. The maximum Gasteiger partial charge on any atom is 0.252 e. The zero-order valence-corrected chi connectivity index (χ0v) is 16.8. The van der Waals surface area contributed by atoms with E-state index in [1.54, 1.807) is 24.5 Å². The number of hydrogen-bond donors (Lipinski definition) is 1. The lowest BCUT2D eigenvalue weighted by Gasteiger charge is -2.12. The highest BCUT2D eigenvalue weighted by atomic mass is 32.1. The quantitative estimate of drug-likeness (QED) is 0.718. The smallest absolute Gasteiger partial charge is 0.252 e. The van der Waals surface area contributed by atoms with Crippen LogP contribution in [-0.4, -0.2) is 51.1 Å². The number of hydrogen-bond acceptors (Lipinski definition) is 5. The van der Waals surface area contributed by atoms with E-state index in [-0.39, 0.29) is 17.7 Å². The van der Waals surface area contributed by atoms with Crippen LogP contribution in [0, 0.1) is 6.92 Å². The topological polar surface area (TPSA) is 80.1 Å². The Morgan fingerprint density at radius 2 is 2.25 bits per heavy atom. The molecule has 1 N–H and O–H groups in total. The van der Waals surface area contributed by atoms with Crippen molar-refractivity contribution in [2.75, 3.05) is 19.6 Å². The first-order chi connectivity index (χ1) is 13.5. The molecule has 3 aromatic heterocycles. The summed E-state index contributed by atoms with van der Waals surface area (Å²) in [4.78, 5) is 31.4. The van der Waals surface area contributed by atoms with Crippen LogP contribution < -0.4 is 5.32 Å². The number of nitrogens with zero attached hydrogens (tertiary/aromatic N) is 4. The van der Waals surface area contributed by atoms with Gasteiger partial charge in [0.05, 0.1) is 17.8 Å². The van der Waals surface area contributed by atoms with Crippen molar-refractivity contribution in [1.29, 1.82) is 0 Å². The molecule has 1 aliphatic rings. The molecule has 7 nitrogen and oxygen atoms in total. The van der Waals surface area contributed by atoms with E-state index in [0.29, 0.717) is 25.2 Å². The lowest BCUT2D eigenvalue weighted by molar-refractivity contribution is -0.127. The van der Waals surface area contributed by atoms with Gasteiger partial charge in [0, 0.05) is 54.3 Å². The zero-order valence-electron chi connectivity index (χ0n) is 16.0. The molecular weight excluding hydrogens is 374 g/mol. The Morgan fingerprint density at radius 3 is 2.96 bits per heavy atom. The Balaban J connectivity index is 1.49. The van der Waals surface area contributed by atoms with Gasteiger partial charge in [0.1, 0.15) is 0 Å². The van der Waals surface area contributed by atoms with Crippen molar-refractivity contribution in [2.45, 2.75) is 32.7 Å². The van der Waals surface area contributed by atoms with E-state index in [1.807, 2.05) is 40.1 Å². The van der Waals surface area contributed by atoms with Crippen LogP contribution in [0.1, 0.15) is 40.2 Å². The number of aromatic nitrogens is 3. The summed E-state index contributed by atoms with van der Waals surface area (Å²) in [7, 11) is 0. The van der Waals surface area contributed by atoms with Gasteiger partial charge in [0.2, 0.25) is 5.91 Å². The maximum atomic E-state index is 12.2. The van der Waals surface area contributed by atoms with Gasteiger partial charge >= 0.3 is 0 Å². The van der Waals surface area contributed by atoms with E-state index in [2.05, 4.69) is 10.3 Å². The summed E-state index contributed by atoms with van der Waals surface area (Å²) >= 11 is 1.57. The van der Waals surface area contributed by atoms with Gasteiger partial charge in [0.15, 0.2) is 5.65 Å². The fourth-order valence-electron chi connectivity index (χ4n) is 3.70. The number of rotatable bonds is 5. The first kappa shape index (κ1) is 18.6. The van der Waals surface area contributed by atoms with Gasteiger partial charge in [0.25, 0.3) is 5.91 Å². The molecule has 28 heavy (non-hydrogen) atoms. The minimum Gasteiger partial charge on any atom is -0.350 e. The lowest BCUT2D eigenvalue weighted by Crippen LogP contribution is -2.27. The normalized spacial score (nSPS) is 16.6. The van der Waals surface area contributed by atoms with Crippen molar-refractivity contribution in [3.63, 3.8) is 0 Å². The molecule has 1 saturated heterocycles. The lowest BCUT2D eigenvalue weighted by atomic mass is 10.0. The van der Waals surface area contributed by atoms with Gasteiger partial charge in [-0.1, -0.05) is 0 Å². The number of nitrogens with one attached hydrogen (secondary N) is 1. The van der Waals surface area contributed by atoms with E-state index in [9.17, 15) is 9.59 Å². The van der Waals surface area contributed by atoms with E-state index < -0.39 is 0 Å². The molecule has 3 aromatic rings. The Kier molecular flexibility index (Phi) is 5.13. The summed E-state index contributed by atoms with van der Waals surface area (Å²) in [5, 5.41) is 10.7. The summed E-state index contributed by atoms with van der Waals surface area (Å²) in [6, 6.07) is 5.84. The van der Waals surface area contributed by atoms with Crippen LogP contribution in [0.2, 0.25) is 0 Å². The number of amides is 2. The maximum absolute atomic E-state index is 12.2. The predicted molar refractivity (Wildman–Crippen MR) is 109 cm³/mol. The second kappa shape index (κ2) is 7.71. The molecule has 0 radical (unpaired) electrons. The summed E-state index contributed by atoms with van der Waals surface area (Å²) < 4.78 is 1.86. The average Bonchev–Trinajstić information content (AvgIpc) is 3.40. The Morgan fingerprint density at radius 1 is 1.39 bits per heavy atom. The zero-order chi connectivity index (χ0) is 19.7. The number of carbonyl (C=O) groups excluding carboxylic acids is 2. The largest absolute Gasteiger partial charge is 0.350 e. The standard InChI is InChI=1S/C20H23N5O2S/c1-13-10-16(12-28-13)20(27)22-7-9-25-19-17(4-3-6-21-19)18(23-25)15-5-8-24(11-15)14(2)26/h3-4,6,10,12,15H,5,7-9,11H2,1-2H3,(H,22,27)/t15-/m1/s1. The monoisotopic (exact) mass is 397 g/mol. The number of pyridine rings is 1. The van der Waals surface area contributed by atoms with Gasteiger partial charge in [-0.05, 0) is 31.5 Å². The van der Waals surface area contributed by atoms with Gasteiger partial charge in [-0.3, -0.25) is 9.59 Å². The SMILES string of the molecule is CC(=O)N1CC[C@@H](c2nn(CCNC(=O)c3csc(C)c3)c3ncccc23)C1. The van der Waals surface area contributed by atoms with E-state index >= 15 is 0 Å². The van der Waals surface area contributed by atoms with E-state index in [4.69, 9.17) is 5.10 Å². The van der Waals surface area contributed by atoms with Gasteiger partial charge in [-0.15, -0.1) is 11.3 Å². The molecule has 8 heteroatoms. The molecule has 146 valence electrons. The predicted octanol–water partition coefficient (Wildman–Crippen LogP) is 2.57. The molecule has 4 rings (SSSR count). The first-order valence-corrected chi connectivity index (χ1v) is 10.3. The second-order valence-electron chi connectivity index (χ2n) is 7.14. The van der Waals surface area contributed by atoms with E-state index in [0.717, 1.165) is 34.6 Å². The fraction of sp³-hybridized carbons (Fsp3) is 0.400. The second-order valence-corrected chi connectivity index (χ2v) is 8.25. The molecule has 1 fully saturated rings. The van der Waals surface area contributed by atoms with Crippen LogP contribution in [-0.2, 0) is 11.3 Å². The van der Waals surface area contributed by atoms with Crippen LogP contribution in [0.4, 0.5) is 0 Å². The third-order valence-corrected chi connectivity index (χ3v) is 6.02. The van der Waals surface area contributed by atoms with Gasteiger partial charge in [-0.25, -0.2) is 9.67 Å². The van der Waals surface area contributed by atoms with Crippen molar-refractivity contribution in [2.24, 2.45) is 0 Å². The molecule has 0 bridgehead atoms. The van der Waals surface area contributed by atoms with Gasteiger partial charge in [-0.2, -0.15) is 5.10 Å². The van der Waals surface area contributed by atoms with Crippen LogP contribution in [0.15, 0.2) is 29.8 Å². The molecule has 2 amide bonds. The van der Waals surface area contributed by atoms with Crippen LogP contribution >= 0.6 is 11.3 Å². The number of thiophene rings is 1. The summed E-state index contributed by atoms with van der Waals surface area (Å²) in [5.74, 6) is 0.262. The molecule has 0 aromatic carbocycles. The van der Waals surface area contributed by atoms with Crippen molar-refractivity contribution in [3.05, 3.63) is 45.9 Å². The summed E-state index contributed by atoms with van der Waals surface area (Å²) in [5.41, 5.74) is 2.51. The highest BCUT2D eigenvalue weighted by Crippen LogP contribution is 2.31. The first-order valence-electron chi connectivity index (χ1n) is 9.43. The molecule has 1 aliphatic heterocycles. The highest BCUT2D eigenvalue weighted by Gasteiger charge is 2.29. The van der Waals surface area contributed by atoms with Crippen LogP contribution in [0.3, 0.4) is 0 Å². The van der Waals surface area contributed by atoms with E-state index in [1.165, 1.54) is 0 Å².